The quantitative estimate of drug-likeness (QED) is 0.383. The van der Waals surface area contributed by atoms with Gasteiger partial charge in [0.2, 0.25) is 0 Å². The molecular formula is C9H21NO2. The van der Waals surface area contributed by atoms with E-state index in [1.54, 1.807) is 0 Å². The molecule has 74 valence electrons. The molecule has 0 aliphatic rings. The smallest absolute Gasteiger partial charge is 0.111 e. The third-order valence-corrected chi connectivity index (χ3v) is 1.76. The summed E-state index contributed by atoms with van der Waals surface area (Å²) < 4.78 is 0. The number of unbranched alkanes of at least 4 members (excludes halogenated alkanes) is 2. The van der Waals surface area contributed by atoms with E-state index >= 15 is 0 Å². The largest absolute Gasteiger partial charge is 0.598 e. The van der Waals surface area contributed by atoms with E-state index in [4.69, 9.17) is 0 Å². The lowest BCUT2D eigenvalue weighted by atomic mass is 10.2. The van der Waals surface area contributed by atoms with Crippen molar-refractivity contribution in [1.29, 1.82) is 0 Å². The van der Waals surface area contributed by atoms with Gasteiger partial charge in [-0.2, -0.15) is 0 Å². The SMILES string of the molecule is CCCCC[N+]([O-])(O)CC(C)C. The first-order valence-electron chi connectivity index (χ1n) is 4.79. The van der Waals surface area contributed by atoms with Crippen molar-refractivity contribution in [3.63, 3.8) is 0 Å². The lowest BCUT2D eigenvalue weighted by Crippen LogP contribution is -2.42. The van der Waals surface area contributed by atoms with Crippen LogP contribution in [0, 0.1) is 11.1 Å². The number of quaternary nitrogens is 1. The molecule has 0 saturated carbocycles. The van der Waals surface area contributed by atoms with Gasteiger partial charge in [0.25, 0.3) is 0 Å². The lowest BCUT2D eigenvalue weighted by molar-refractivity contribution is -1.07. The van der Waals surface area contributed by atoms with Crippen molar-refractivity contribution in [2.45, 2.75) is 40.0 Å². The topological polar surface area (TPSA) is 43.3 Å². The summed E-state index contributed by atoms with van der Waals surface area (Å²) in [5.41, 5.74) is 0. The summed E-state index contributed by atoms with van der Waals surface area (Å²) in [7, 11) is 0. The summed E-state index contributed by atoms with van der Waals surface area (Å²) in [5, 5.41) is 20.6. The highest BCUT2D eigenvalue weighted by atomic mass is 16.8. The molecular weight excluding hydrogens is 154 g/mol. The fourth-order valence-corrected chi connectivity index (χ4v) is 1.27. The van der Waals surface area contributed by atoms with Gasteiger partial charge >= 0.3 is 0 Å². The molecule has 0 amide bonds. The van der Waals surface area contributed by atoms with Gasteiger partial charge in [0.05, 0.1) is 0 Å². The molecule has 0 fully saturated rings. The highest BCUT2D eigenvalue weighted by Gasteiger charge is 2.14. The van der Waals surface area contributed by atoms with Gasteiger partial charge in [0.15, 0.2) is 0 Å². The van der Waals surface area contributed by atoms with Crippen LogP contribution >= 0.6 is 0 Å². The first-order chi connectivity index (χ1) is 5.48. The second kappa shape index (κ2) is 5.51. The highest BCUT2D eigenvalue weighted by molar-refractivity contribution is 4.43. The Morgan fingerprint density at radius 2 is 1.92 bits per heavy atom. The third-order valence-electron chi connectivity index (χ3n) is 1.76. The molecule has 3 heteroatoms. The van der Waals surface area contributed by atoms with Crippen LogP contribution in [0.3, 0.4) is 0 Å². The summed E-state index contributed by atoms with van der Waals surface area (Å²) >= 11 is 0. The Labute approximate surface area is 75.1 Å². The highest BCUT2D eigenvalue weighted by Crippen LogP contribution is 2.08. The first kappa shape index (κ1) is 11.9. The molecule has 0 aromatic rings. The van der Waals surface area contributed by atoms with Crippen LogP contribution in [0.2, 0.25) is 0 Å². The van der Waals surface area contributed by atoms with Gasteiger partial charge in [-0.1, -0.05) is 27.2 Å². The summed E-state index contributed by atoms with van der Waals surface area (Å²) in [6.45, 7) is 6.62. The number of rotatable bonds is 6. The molecule has 0 saturated heterocycles. The molecule has 0 heterocycles. The van der Waals surface area contributed by atoms with E-state index in [9.17, 15) is 10.4 Å². The maximum Gasteiger partial charge on any atom is 0.111 e. The van der Waals surface area contributed by atoms with Gasteiger partial charge in [-0.25, -0.2) is 10.0 Å². The minimum atomic E-state index is -1.06. The fraction of sp³-hybridized carbons (Fsp3) is 1.00. The molecule has 0 aromatic heterocycles. The van der Waals surface area contributed by atoms with Gasteiger partial charge in [0, 0.05) is 5.92 Å². The Morgan fingerprint density at radius 1 is 1.33 bits per heavy atom. The lowest BCUT2D eigenvalue weighted by Gasteiger charge is -2.35. The third kappa shape index (κ3) is 6.58. The summed E-state index contributed by atoms with van der Waals surface area (Å²) in [6, 6.07) is 0. The molecule has 0 bridgehead atoms. The number of nitrogens with zero attached hydrogens (tertiary/aromatic N) is 1. The van der Waals surface area contributed by atoms with Crippen LogP contribution in [0.1, 0.15) is 40.0 Å². The van der Waals surface area contributed by atoms with E-state index in [2.05, 4.69) is 6.92 Å². The monoisotopic (exact) mass is 175 g/mol. The second-order valence-electron chi connectivity index (χ2n) is 3.85. The average Bonchev–Trinajstić information content (AvgIpc) is 1.84. The summed E-state index contributed by atoms with van der Waals surface area (Å²) in [6.07, 6.45) is 2.94. The molecule has 0 spiro atoms. The molecule has 0 aliphatic carbocycles. The number of hydrogen-bond donors (Lipinski definition) is 1. The van der Waals surface area contributed by atoms with Crippen molar-refractivity contribution in [3.05, 3.63) is 5.21 Å². The van der Waals surface area contributed by atoms with Crippen molar-refractivity contribution in [2.24, 2.45) is 5.92 Å². The van der Waals surface area contributed by atoms with Crippen LogP contribution in [-0.4, -0.2) is 23.1 Å². The van der Waals surface area contributed by atoms with Crippen LogP contribution in [0.5, 0.6) is 0 Å². The molecule has 12 heavy (non-hydrogen) atoms. The minimum absolute atomic E-state index is 0.258. The maximum absolute atomic E-state index is 11.3. The van der Waals surface area contributed by atoms with Crippen molar-refractivity contribution >= 4 is 0 Å². The van der Waals surface area contributed by atoms with E-state index in [1.165, 1.54) is 0 Å². The molecule has 0 rings (SSSR count). The molecule has 1 atom stereocenters. The number of hydroxylamine groups is 4. The van der Waals surface area contributed by atoms with Crippen LogP contribution < -0.4 is 0 Å². The second-order valence-corrected chi connectivity index (χ2v) is 3.85. The van der Waals surface area contributed by atoms with Crippen LogP contribution in [0.25, 0.3) is 0 Å². The average molecular weight is 175 g/mol. The molecule has 1 N–H and O–H groups in total. The first-order valence-corrected chi connectivity index (χ1v) is 4.79. The van der Waals surface area contributed by atoms with E-state index in [0.29, 0.717) is 13.1 Å². The Balaban J connectivity index is 3.56. The predicted molar refractivity (Wildman–Crippen MR) is 49.5 cm³/mol. The van der Waals surface area contributed by atoms with E-state index < -0.39 is 4.81 Å². The van der Waals surface area contributed by atoms with Crippen LogP contribution in [0.15, 0.2) is 0 Å². The zero-order valence-corrected chi connectivity index (χ0v) is 8.42. The zero-order valence-electron chi connectivity index (χ0n) is 8.42. The molecule has 3 nitrogen and oxygen atoms in total. The van der Waals surface area contributed by atoms with Crippen LogP contribution in [0.4, 0.5) is 0 Å². The summed E-state index contributed by atoms with van der Waals surface area (Å²) in [5.74, 6) is 0.258. The van der Waals surface area contributed by atoms with Crippen molar-refractivity contribution in [3.8, 4) is 0 Å². The maximum atomic E-state index is 11.3. The van der Waals surface area contributed by atoms with Gasteiger partial charge in [0.1, 0.15) is 13.1 Å². The van der Waals surface area contributed by atoms with E-state index in [-0.39, 0.29) is 5.92 Å². The molecule has 0 aliphatic heterocycles. The van der Waals surface area contributed by atoms with Crippen molar-refractivity contribution in [1.82, 2.24) is 0 Å². The normalized spacial score (nSPS) is 16.5. The predicted octanol–water partition coefficient (Wildman–Crippen LogP) is 2.54. The Kier molecular flexibility index (Phi) is 5.46. The van der Waals surface area contributed by atoms with Crippen LogP contribution in [-0.2, 0) is 0 Å². The van der Waals surface area contributed by atoms with Gasteiger partial charge in [-0.15, -0.1) is 0 Å². The standard InChI is InChI=1S/C9H21NO2/c1-4-5-6-7-10(11,12)8-9(2)3/h9,11H,4-8H2,1-3H3. The molecule has 0 aromatic carbocycles. The van der Waals surface area contributed by atoms with E-state index in [1.807, 2.05) is 13.8 Å². The van der Waals surface area contributed by atoms with Crippen molar-refractivity contribution in [2.75, 3.05) is 13.1 Å². The minimum Gasteiger partial charge on any atom is -0.598 e. The van der Waals surface area contributed by atoms with Gasteiger partial charge in [-0.05, 0) is 12.8 Å². The fourth-order valence-electron chi connectivity index (χ4n) is 1.27. The Morgan fingerprint density at radius 3 is 2.33 bits per heavy atom. The summed E-state index contributed by atoms with van der Waals surface area (Å²) in [4.78, 5) is -1.06. The molecule has 0 radical (unpaired) electrons. The van der Waals surface area contributed by atoms with Crippen molar-refractivity contribution < 1.29 is 10.0 Å². The Bertz CT molecular complexity index is 113. The molecule has 1 unspecified atom stereocenters. The van der Waals surface area contributed by atoms with Gasteiger partial charge in [-0.3, -0.25) is 0 Å². The zero-order chi connectivity index (χ0) is 9.61. The van der Waals surface area contributed by atoms with E-state index in [0.717, 1.165) is 19.3 Å². The Hall–Kier alpha value is -0.120. The van der Waals surface area contributed by atoms with Gasteiger partial charge < -0.3 is 5.21 Å². The number of hydrogen-bond acceptors (Lipinski definition) is 2.